The molecule has 1 unspecified atom stereocenters. The highest BCUT2D eigenvalue weighted by atomic mass is 16.6. The molecule has 1 rings (SSSR count). The summed E-state index contributed by atoms with van der Waals surface area (Å²) in [6, 6.07) is 5.33. The molecule has 0 amide bonds. The molecule has 0 aliphatic carbocycles. The zero-order chi connectivity index (χ0) is 13.7. The Morgan fingerprint density at radius 3 is 2.44 bits per heavy atom. The highest BCUT2D eigenvalue weighted by Gasteiger charge is 2.10. The van der Waals surface area contributed by atoms with Crippen molar-refractivity contribution < 1.29 is 4.92 Å². The molecule has 0 heterocycles. The van der Waals surface area contributed by atoms with Gasteiger partial charge in [0.2, 0.25) is 0 Å². The summed E-state index contributed by atoms with van der Waals surface area (Å²) < 4.78 is 0. The van der Waals surface area contributed by atoms with Crippen molar-refractivity contribution >= 4 is 11.4 Å². The van der Waals surface area contributed by atoms with Gasteiger partial charge in [0.25, 0.3) is 5.69 Å². The lowest BCUT2D eigenvalue weighted by Gasteiger charge is -2.17. The third-order valence-electron chi connectivity index (χ3n) is 3.00. The SMILES string of the molecule is Cc1cc([N+](=O)[O-])ccc1NC(C)CCC(C)C. The Labute approximate surface area is 109 Å². The average Bonchev–Trinajstić information content (AvgIpc) is 2.29. The number of hydrogen-bond acceptors (Lipinski definition) is 3. The van der Waals surface area contributed by atoms with E-state index in [1.54, 1.807) is 18.2 Å². The first-order chi connectivity index (χ1) is 8.40. The van der Waals surface area contributed by atoms with Crippen molar-refractivity contribution in [1.29, 1.82) is 0 Å². The van der Waals surface area contributed by atoms with Gasteiger partial charge in [-0.15, -0.1) is 0 Å². The minimum absolute atomic E-state index is 0.146. The van der Waals surface area contributed by atoms with E-state index < -0.39 is 0 Å². The Hall–Kier alpha value is -1.58. The smallest absolute Gasteiger partial charge is 0.269 e. The molecule has 4 nitrogen and oxygen atoms in total. The van der Waals surface area contributed by atoms with Crippen LogP contribution >= 0.6 is 0 Å². The van der Waals surface area contributed by atoms with Crippen LogP contribution in [0.25, 0.3) is 0 Å². The summed E-state index contributed by atoms with van der Waals surface area (Å²) in [5, 5.41) is 14.1. The molecule has 0 bridgehead atoms. The number of nitro groups is 1. The summed E-state index contributed by atoms with van der Waals surface area (Å²) in [4.78, 5) is 10.3. The van der Waals surface area contributed by atoms with Gasteiger partial charge in [-0.25, -0.2) is 0 Å². The number of benzene rings is 1. The maximum atomic E-state index is 10.6. The molecule has 1 aromatic rings. The van der Waals surface area contributed by atoms with Crippen LogP contribution in [0.3, 0.4) is 0 Å². The van der Waals surface area contributed by atoms with Gasteiger partial charge in [0.15, 0.2) is 0 Å². The second-order valence-corrected chi connectivity index (χ2v) is 5.27. The van der Waals surface area contributed by atoms with Gasteiger partial charge in [-0.2, -0.15) is 0 Å². The summed E-state index contributed by atoms with van der Waals surface area (Å²) in [7, 11) is 0. The lowest BCUT2D eigenvalue weighted by atomic mass is 10.0. The molecule has 1 aromatic carbocycles. The first-order valence-electron chi connectivity index (χ1n) is 6.41. The summed E-state index contributed by atoms with van der Waals surface area (Å²) in [6.07, 6.45) is 2.29. The van der Waals surface area contributed by atoms with Crippen LogP contribution < -0.4 is 5.32 Å². The highest BCUT2D eigenvalue weighted by Crippen LogP contribution is 2.22. The number of nitrogens with one attached hydrogen (secondary N) is 1. The third-order valence-corrected chi connectivity index (χ3v) is 3.00. The number of nitro benzene ring substituents is 1. The molecule has 18 heavy (non-hydrogen) atoms. The molecular weight excluding hydrogens is 228 g/mol. The fourth-order valence-electron chi connectivity index (χ4n) is 1.84. The van der Waals surface area contributed by atoms with Gasteiger partial charge in [0.1, 0.15) is 0 Å². The van der Waals surface area contributed by atoms with Gasteiger partial charge >= 0.3 is 0 Å². The summed E-state index contributed by atoms with van der Waals surface area (Å²) in [5.74, 6) is 0.701. The molecule has 0 aliphatic heterocycles. The highest BCUT2D eigenvalue weighted by molar-refractivity contribution is 5.55. The van der Waals surface area contributed by atoms with Crippen LogP contribution in [0.2, 0.25) is 0 Å². The molecule has 1 atom stereocenters. The van der Waals surface area contributed by atoms with Gasteiger partial charge in [-0.3, -0.25) is 10.1 Å². The predicted molar refractivity (Wildman–Crippen MR) is 75.0 cm³/mol. The molecule has 0 saturated heterocycles. The van der Waals surface area contributed by atoms with Crippen LogP contribution in [0.1, 0.15) is 39.2 Å². The molecule has 0 fully saturated rings. The summed E-state index contributed by atoms with van der Waals surface area (Å²) in [6.45, 7) is 8.46. The molecule has 4 heteroatoms. The number of aryl methyl sites for hydroxylation is 1. The van der Waals surface area contributed by atoms with E-state index >= 15 is 0 Å². The van der Waals surface area contributed by atoms with Crippen molar-refractivity contribution in [3.63, 3.8) is 0 Å². The Morgan fingerprint density at radius 2 is 1.94 bits per heavy atom. The van der Waals surface area contributed by atoms with E-state index in [0.717, 1.165) is 17.7 Å². The molecule has 100 valence electrons. The first kappa shape index (κ1) is 14.5. The quantitative estimate of drug-likeness (QED) is 0.609. The second kappa shape index (κ2) is 6.38. The maximum absolute atomic E-state index is 10.6. The molecule has 0 aromatic heterocycles. The van der Waals surface area contributed by atoms with E-state index in [1.807, 2.05) is 6.92 Å². The van der Waals surface area contributed by atoms with Gasteiger partial charge in [0.05, 0.1) is 4.92 Å². The lowest BCUT2D eigenvalue weighted by Crippen LogP contribution is -2.16. The van der Waals surface area contributed by atoms with Crippen molar-refractivity contribution in [2.24, 2.45) is 5.92 Å². The van der Waals surface area contributed by atoms with Crippen molar-refractivity contribution in [3.8, 4) is 0 Å². The van der Waals surface area contributed by atoms with Crippen molar-refractivity contribution in [2.75, 3.05) is 5.32 Å². The van der Waals surface area contributed by atoms with Gasteiger partial charge < -0.3 is 5.32 Å². The molecule has 1 N–H and O–H groups in total. The number of rotatable bonds is 6. The van der Waals surface area contributed by atoms with Crippen LogP contribution in [-0.2, 0) is 0 Å². The average molecular weight is 250 g/mol. The van der Waals surface area contributed by atoms with Gasteiger partial charge in [0, 0.05) is 23.9 Å². The lowest BCUT2D eigenvalue weighted by molar-refractivity contribution is -0.384. The number of non-ortho nitro benzene ring substituents is 1. The Bertz CT molecular complexity index is 416. The van der Waals surface area contributed by atoms with E-state index in [-0.39, 0.29) is 10.6 Å². The van der Waals surface area contributed by atoms with Gasteiger partial charge in [-0.1, -0.05) is 13.8 Å². The number of anilines is 1. The van der Waals surface area contributed by atoms with E-state index in [2.05, 4.69) is 26.1 Å². The summed E-state index contributed by atoms with van der Waals surface area (Å²) in [5.41, 5.74) is 2.05. The zero-order valence-corrected chi connectivity index (χ0v) is 11.6. The zero-order valence-electron chi connectivity index (χ0n) is 11.6. The molecule has 0 spiro atoms. The van der Waals surface area contributed by atoms with Gasteiger partial charge in [-0.05, 0) is 44.2 Å². The van der Waals surface area contributed by atoms with Crippen molar-refractivity contribution in [2.45, 2.75) is 46.6 Å². The van der Waals surface area contributed by atoms with E-state index in [1.165, 1.54) is 6.42 Å². The van der Waals surface area contributed by atoms with E-state index in [4.69, 9.17) is 0 Å². The normalized spacial score (nSPS) is 12.5. The van der Waals surface area contributed by atoms with Crippen LogP contribution in [0, 0.1) is 23.0 Å². The largest absolute Gasteiger partial charge is 0.382 e. The van der Waals surface area contributed by atoms with Crippen molar-refractivity contribution in [1.82, 2.24) is 0 Å². The van der Waals surface area contributed by atoms with E-state index in [0.29, 0.717) is 12.0 Å². The predicted octanol–water partition coefficient (Wildman–Crippen LogP) is 4.14. The standard InChI is InChI=1S/C14H22N2O2/c1-10(2)5-6-12(4)15-14-8-7-13(16(17)18)9-11(14)3/h7-10,12,15H,5-6H2,1-4H3. The first-order valence-corrected chi connectivity index (χ1v) is 6.41. The van der Waals surface area contributed by atoms with Crippen molar-refractivity contribution in [3.05, 3.63) is 33.9 Å². The minimum atomic E-state index is -0.362. The van der Waals surface area contributed by atoms with Crippen LogP contribution in [-0.4, -0.2) is 11.0 Å². The molecule has 0 aliphatic rings. The molecule has 0 radical (unpaired) electrons. The summed E-state index contributed by atoms with van der Waals surface area (Å²) >= 11 is 0. The van der Waals surface area contributed by atoms with E-state index in [9.17, 15) is 10.1 Å². The Morgan fingerprint density at radius 1 is 1.28 bits per heavy atom. The molecule has 0 saturated carbocycles. The number of nitrogens with zero attached hydrogens (tertiary/aromatic N) is 1. The maximum Gasteiger partial charge on any atom is 0.269 e. The third kappa shape index (κ3) is 4.35. The minimum Gasteiger partial charge on any atom is -0.382 e. The Balaban J connectivity index is 2.64. The number of hydrogen-bond donors (Lipinski definition) is 1. The Kier molecular flexibility index (Phi) is 5.13. The second-order valence-electron chi connectivity index (χ2n) is 5.27. The topological polar surface area (TPSA) is 55.2 Å². The van der Waals surface area contributed by atoms with Crippen LogP contribution in [0.4, 0.5) is 11.4 Å². The van der Waals surface area contributed by atoms with Crippen LogP contribution in [0.15, 0.2) is 18.2 Å². The fraction of sp³-hybridized carbons (Fsp3) is 0.571. The monoisotopic (exact) mass is 250 g/mol. The van der Waals surface area contributed by atoms with Crippen LogP contribution in [0.5, 0.6) is 0 Å². The fourth-order valence-corrected chi connectivity index (χ4v) is 1.84. The molecular formula is C14H22N2O2.